The topological polar surface area (TPSA) is 64.4 Å². The highest BCUT2D eigenvalue weighted by Crippen LogP contribution is 2.28. The van der Waals surface area contributed by atoms with Gasteiger partial charge in [-0.05, 0) is 38.4 Å². The molecule has 0 aliphatic heterocycles. The Bertz CT molecular complexity index is 407. The van der Waals surface area contributed by atoms with Gasteiger partial charge in [-0.25, -0.2) is 0 Å². The summed E-state index contributed by atoms with van der Waals surface area (Å²) in [5.74, 6) is 0.364. The fourth-order valence-corrected chi connectivity index (χ4v) is 1.62. The van der Waals surface area contributed by atoms with Gasteiger partial charge in [-0.2, -0.15) is 0 Å². The Morgan fingerprint density at radius 2 is 2.22 bits per heavy atom. The van der Waals surface area contributed by atoms with Gasteiger partial charge in [0.05, 0.1) is 11.5 Å². The second kappa shape index (κ2) is 6.96. The van der Waals surface area contributed by atoms with Gasteiger partial charge in [0.2, 0.25) is 0 Å². The quantitative estimate of drug-likeness (QED) is 0.598. The van der Waals surface area contributed by atoms with Crippen molar-refractivity contribution in [3.63, 3.8) is 0 Å². The van der Waals surface area contributed by atoms with E-state index >= 15 is 0 Å². The van der Waals surface area contributed by atoms with Crippen molar-refractivity contribution < 1.29 is 9.66 Å². The van der Waals surface area contributed by atoms with Crippen molar-refractivity contribution in [2.45, 2.75) is 32.7 Å². The lowest BCUT2D eigenvalue weighted by Gasteiger charge is -2.11. The van der Waals surface area contributed by atoms with Crippen molar-refractivity contribution in [1.29, 1.82) is 0 Å². The van der Waals surface area contributed by atoms with Crippen LogP contribution in [0.5, 0.6) is 5.75 Å². The molecule has 0 aliphatic carbocycles. The van der Waals surface area contributed by atoms with Gasteiger partial charge >= 0.3 is 5.69 Å². The molecule has 5 nitrogen and oxygen atoms in total. The first-order valence-electron chi connectivity index (χ1n) is 6.15. The molecule has 0 amide bonds. The zero-order chi connectivity index (χ0) is 13.5. The molecule has 18 heavy (non-hydrogen) atoms. The summed E-state index contributed by atoms with van der Waals surface area (Å²) in [7, 11) is 1.89. The van der Waals surface area contributed by atoms with E-state index in [9.17, 15) is 10.1 Å². The normalized spacial score (nSPS) is 12.2. The maximum Gasteiger partial charge on any atom is 0.310 e. The van der Waals surface area contributed by atoms with Crippen LogP contribution in [0.25, 0.3) is 0 Å². The molecule has 1 aromatic rings. The summed E-state index contributed by atoms with van der Waals surface area (Å²) in [6.07, 6.45) is 1.64. The van der Waals surface area contributed by atoms with Crippen LogP contribution in [0.4, 0.5) is 5.69 Å². The van der Waals surface area contributed by atoms with Crippen molar-refractivity contribution in [1.82, 2.24) is 5.32 Å². The first kappa shape index (κ1) is 14.4. The van der Waals surface area contributed by atoms with Crippen molar-refractivity contribution in [2.75, 3.05) is 13.7 Å². The fourth-order valence-electron chi connectivity index (χ4n) is 1.62. The highest BCUT2D eigenvalue weighted by Gasteiger charge is 2.16. The number of hydrogen-bond donors (Lipinski definition) is 1. The number of likely N-dealkylation sites (N-methyl/N-ethyl adjacent to an activating group) is 1. The molecule has 0 heterocycles. The second-order valence-corrected chi connectivity index (χ2v) is 4.30. The Hall–Kier alpha value is -1.62. The van der Waals surface area contributed by atoms with E-state index < -0.39 is 4.92 Å². The summed E-state index contributed by atoms with van der Waals surface area (Å²) >= 11 is 0. The number of hydrogen-bond acceptors (Lipinski definition) is 4. The summed E-state index contributed by atoms with van der Waals surface area (Å²) in [5.41, 5.74) is 1.07. The van der Waals surface area contributed by atoms with Crippen LogP contribution in [0.3, 0.4) is 0 Å². The number of rotatable bonds is 7. The molecule has 0 fully saturated rings. The Balaban J connectivity index is 2.93. The standard InChI is InChI=1S/C13H20N2O3/c1-4-7-18-13-9-11(8-10(2)14-3)5-6-12(13)15(16)17/h5-6,9-10,14H,4,7-8H2,1-3H3. The van der Waals surface area contributed by atoms with Crippen molar-refractivity contribution in [3.05, 3.63) is 33.9 Å². The number of nitrogens with zero attached hydrogens (tertiary/aromatic N) is 1. The largest absolute Gasteiger partial charge is 0.487 e. The lowest BCUT2D eigenvalue weighted by molar-refractivity contribution is -0.385. The minimum absolute atomic E-state index is 0.0318. The molecule has 1 rings (SSSR count). The van der Waals surface area contributed by atoms with Crippen molar-refractivity contribution >= 4 is 5.69 Å². The lowest BCUT2D eigenvalue weighted by Crippen LogP contribution is -2.23. The average Bonchev–Trinajstić information content (AvgIpc) is 2.36. The molecule has 0 saturated carbocycles. The van der Waals surface area contributed by atoms with Gasteiger partial charge < -0.3 is 10.1 Å². The molecule has 1 unspecified atom stereocenters. The van der Waals surface area contributed by atoms with E-state index in [1.54, 1.807) is 12.1 Å². The van der Waals surface area contributed by atoms with Crippen molar-refractivity contribution in [2.24, 2.45) is 0 Å². The Morgan fingerprint density at radius 1 is 1.50 bits per heavy atom. The summed E-state index contributed by atoms with van der Waals surface area (Å²) in [5, 5.41) is 14.0. The molecule has 5 heteroatoms. The number of nitrogens with one attached hydrogen (secondary N) is 1. The van der Waals surface area contributed by atoms with Crippen LogP contribution in [0.15, 0.2) is 18.2 Å². The molecule has 100 valence electrons. The Kier molecular flexibility index (Phi) is 5.58. The van der Waals surface area contributed by atoms with Crippen LogP contribution in [0, 0.1) is 10.1 Å². The highest BCUT2D eigenvalue weighted by atomic mass is 16.6. The number of ether oxygens (including phenoxy) is 1. The average molecular weight is 252 g/mol. The number of benzene rings is 1. The third-order valence-corrected chi connectivity index (χ3v) is 2.72. The van der Waals surface area contributed by atoms with Gasteiger partial charge in [0.15, 0.2) is 5.75 Å². The maximum atomic E-state index is 10.9. The summed E-state index contributed by atoms with van der Waals surface area (Å²) in [6.45, 7) is 4.53. The maximum absolute atomic E-state index is 10.9. The van der Waals surface area contributed by atoms with E-state index in [0.29, 0.717) is 18.4 Å². The Labute approximate surface area is 107 Å². The molecule has 0 aliphatic rings. The molecule has 1 atom stereocenters. The van der Waals surface area contributed by atoms with E-state index in [-0.39, 0.29) is 5.69 Å². The van der Waals surface area contributed by atoms with E-state index in [1.165, 1.54) is 6.07 Å². The SMILES string of the molecule is CCCOc1cc(CC(C)NC)ccc1[N+](=O)[O-]. The zero-order valence-corrected chi connectivity index (χ0v) is 11.1. The van der Waals surface area contributed by atoms with Crippen LogP contribution in [0.1, 0.15) is 25.8 Å². The van der Waals surface area contributed by atoms with Gasteiger partial charge in [-0.1, -0.05) is 13.0 Å². The predicted octanol–water partition coefficient (Wildman–Crippen LogP) is 2.53. The zero-order valence-electron chi connectivity index (χ0n) is 11.1. The smallest absolute Gasteiger partial charge is 0.310 e. The molecule has 0 saturated heterocycles. The second-order valence-electron chi connectivity index (χ2n) is 4.30. The van der Waals surface area contributed by atoms with E-state index in [2.05, 4.69) is 12.2 Å². The van der Waals surface area contributed by atoms with E-state index in [4.69, 9.17) is 4.74 Å². The molecule has 0 bridgehead atoms. The van der Waals surface area contributed by atoms with E-state index in [0.717, 1.165) is 18.4 Å². The first-order chi connectivity index (χ1) is 8.58. The van der Waals surface area contributed by atoms with Crippen molar-refractivity contribution in [3.8, 4) is 5.75 Å². The van der Waals surface area contributed by atoms with Crippen LogP contribution >= 0.6 is 0 Å². The Morgan fingerprint density at radius 3 is 2.78 bits per heavy atom. The van der Waals surface area contributed by atoms with Crippen LogP contribution in [0.2, 0.25) is 0 Å². The van der Waals surface area contributed by atoms with Gasteiger partial charge in [0, 0.05) is 12.1 Å². The van der Waals surface area contributed by atoms with Gasteiger partial charge in [0.25, 0.3) is 0 Å². The molecule has 0 spiro atoms. The van der Waals surface area contributed by atoms with Crippen LogP contribution < -0.4 is 10.1 Å². The fraction of sp³-hybridized carbons (Fsp3) is 0.538. The third-order valence-electron chi connectivity index (χ3n) is 2.72. The molecular weight excluding hydrogens is 232 g/mol. The molecular formula is C13H20N2O3. The van der Waals surface area contributed by atoms with E-state index in [1.807, 2.05) is 14.0 Å². The van der Waals surface area contributed by atoms with Crippen LogP contribution in [-0.4, -0.2) is 24.6 Å². The monoisotopic (exact) mass is 252 g/mol. The summed E-state index contributed by atoms with van der Waals surface area (Å²) in [6, 6.07) is 5.39. The highest BCUT2D eigenvalue weighted by molar-refractivity contribution is 5.48. The van der Waals surface area contributed by atoms with Crippen LogP contribution in [-0.2, 0) is 6.42 Å². The predicted molar refractivity (Wildman–Crippen MR) is 71.1 cm³/mol. The summed E-state index contributed by atoms with van der Waals surface area (Å²) < 4.78 is 5.44. The summed E-state index contributed by atoms with van der Waals surface area (Å²) in [4.78, 5) is 10.5. The number of nitro groups is 1. The van der Waals surface area contributed by atoms with Gasteiger partial charge in [0.1, 0.15) is 0 Å². The first-order valence-corrected chi connectivity index (χ1v) is 6.15. The minimum atomic E-state index is -0.406. The number of nitro benzene ring substituents is 1. The minimum Gasteiger partial charge on any atom is -0.487 e. The lowest BCUT2D eigenvalue weighted by atomic mass is 10.1. The molecule has 1 N–H and O–H groups in total. The van der Waals surface area contributed by atoms with Gasteiger partial charge in [-0.3, -0.25) is 10.1 Å². The molecule has 0 radical (unpaired) electrons. The third kappa shape index (κ3) is 4.00. The molecule has 0 aromatic heterocycles. The van der Waals surface area contributed by atoms with Gasteiger partial charge in [-0.15, -0.1) is 0 Å². The molecule has 1 aromatic carbocycles.